The van der Waals surface area contributed by atoms with E-state index >= 15 is 0 Å². The van der Waals surface area contributed by atoms with Gasteiger partial charge in [-0.15, -0.1) is 0 Å². The van der Waals surface area contributed by atoms with Crippen molar-refractivity contribution in [2.24, 2.45) is 11.8 Å². The Balaban J connectivity index is 1.63. The second kappa shape index (κ2) is 7.35. The molecule has 0 spiro atoms. The van der Waals surface area contributed by atoms with Gasteiger partial charge in [-0.2, -0.15) is 0 Å². The molecule has 4 unspecified atom stereocenters. The fourth-order valence-corrected chi connectivity index (χ4v) is 7.68. The number of unbranched alkanes of at least 4 members (excludes halogenated alkanes) is 1. The Kier molecular flexibility index (Phi) is 5.50. The molecule has 2 fully saturated rings. The molecule has 1 heterocycles. The highest BCUT2D eigenvalue weighted by atomic mass is 32.2. The molecule has 3 aliphatic rings. The van der Waals surface area contributed by atoms with Crippen LogP contribution in [0.5, 0.6) is 0 Å². The molecule has 2 heteroatoms. The standard InChI is InChI=1S/C18H31OS/c1-2-3-12-19-17-10-11-18(20-13-6-7-14-20)16-9-5-4-8-15(16)17/h4-5,15-18H,2-3,6-14H2,1H3/q+1. The van der Waals surface area contributed by atoms with E-state index in [1.165, 1.54) is 51.4 Å². The fourth-order valence-electron chi connectivity index (χ4n) is 4.45. The van der Waals surface area contributed by atoms with Crippen LogP contribution >= 0.6 is 0 Å². The largest absolute Gasteiger partial charge is 0.378 e. The molecular weight excluding hydrogens is 264 g/mol. The first-order valence-corrected chi connectivity index (χ1v) is 10.5. The molecule has 1 aliphatic heterocycles. The summed E-state index contributed by atoms with van der Waals surface area (Å²) in [6.45, 7) is 3.25. The predicted octanol–water partition coefficient (Wildman–Crippen LogP) is 4.33. The predicted molar refractivity (Wildman–Crippen MR) is 89.4 cm³/mol. The monoisotopic (exact) mass is 295 g/mol. The highest BCUT2D eigenvalue weighted by Gasteiger charge is 2.48. The highest BCUT2D eigenvalue weighted by Crippen LogP contribution is 2.44. The van der Waals surface area contributed by atoms with Crippen molar-refractivity contribution < 1.29 is 4.74 Å². The van der Waals surface area contributed by atoms with Gasteiger partial charge in [-0.25, -0.2) is 0 Å². The van der Waals surface area contributed by atoms with E-state index < -0.39 is 0 Å². The number of fused-ring (bicyclic) bond motifs is 1. The minimum Gasteiger partial charge on any atom is -0.378 e. The van der Waals surface area contributed by atoms with E-state index in [1.54, 1.807) is 11.5 Å². The zero-order chi connectivity index (χ0) is 13.8. The van der Waals surface area contributed by atoms with Crippen LogP contribution in [0.3, 0.4) is 0 Å². The van der Waals surface area contributed by atoms with Crippen molar-refractivity contribution in [1.82, 2.24) is 0 Å². The van der Waals surface area contributed by atoms with E-state index in [0.717, 1.165) is 34.6 Å². The van der Waals surface area contributed by atoms with Gasteiger partial charge in [0.05, 0.1) is 6.10 Å². The molecule has 0 aromatic carbocycles. The van der Waals surface area contributed by atoms with Crippen molar-refractivity contribution in [2.45, 2.75) is 69.6 Å². The van der Waals surface area contributed by atoms with E-state index in [0.29, 0.717) is 6.10 Å². The second-order valence-corrected chi connectivity index (χ2v) is 9.30. The molecule has 0 aromatic rings. The Morgan fingerprint density at radius 2 is 1.80 bits per heavy atom. The zero-order valence-corrected chi connectivity index (χ0v) is 13.9. The van der Waals surface area contributed by atoms with Gasteiger partial charge in [0.1, 0.15) is 16.8 Å². The molecule has 2 aliphatic carbocycles. The third-order valence-electron chi connectivity index (χ3n) is 5.54. The molecule has 3 rings (SSSR count). The smallest absolute Gasteiger partial charge is 0.121 e. The summed E-state index contributed by atoms with van der Waals surface area (Å²) in [6.07, 6.45) is 16.4. The molecule has 0 bridgehead atoms. The molecule has 114 valence electrons. The number of hydrogen-bond donors (Lipinski definition) is 0. The zero-order valence-electron chi connectivity index (χ0n) is 13.1. The number of allylic oxidation sites excluding steroid dienone is 2. The topological polar surface area (TPSA) is 9.23 Å². The Labute approximate surface area is 127 Å². The van der Waals surface area contributed by atoms with Crippen LogP contribution in [0, 0.1) is 11.8 Å². The molecular formula is C18H31OS+. The summed E-state index contributed by atoms with van der Waals surface area (Å²) in [7, 11) is 0.756. The van der Waals surface area contributed by atoms with Gasteiger partial charge in [0, 0.05) is 12.5 Å². The van der Waals surface area contributed by atoms with Crippen LogP contribution in [0.25, 0.3) is 0 Å². The first-order chi connectivity index (χ1) is 9.90. The maximum Gasteiger partial charge on any atom is 0.121 e. The van der Waals surface area contributed by atoms with E-state index in [2.05, 4.69) is 19.1 Å². The van der Waals surface area contributed by atoms with Crippen molar-refractivity contribution in [1.29, 1.82) is 0 Å². The normalized spacial score (nSPS) is 38.0. The maximum atomic E-state index is 6.27. The van der Waals surface area contributed by atoms with Crippen molar-refractivity contribution in [2.75, 3.05) is 18.1 Å². The first kappa shape index (κ1) is 15.0. The van der Waals surface area contributed by atoms with Gasteiger partial charge < -0.3 is 4.74 Å². The van der Waals surface area contributed by atoms with Gasteiger partial charge in [0.2, 0.25) is 0 Å². The summed E-state index contributed by atoms with van der Waals surface area (Å²) in [4.78, 5) is 0. The molecule has 0 aromatic heterocycles. The lowest BCUT2D eigenvalue weighted by atomic mass is 9.71. The van der Waals surface area contributed by atoms with Crippen molar-refractivity contribution in [3.63, 3.8) is 0 Å². The van der Waals surface area contributed by atoms with Gasteiger partial charge in [0.15, 0.2) is 0 Å². The summed E-state index contributed by atoms with van der Waals surface area (Å²) in [5.41, 5.74) is 0. The Bertz CT molecular complexity index is 321. The van der Waals surface area contributed by atoms with Gasteiger partial charge in [-0.3, -0.25) is 0 Å². The molecule has 1 saturated carbocycles. The molecule has 1 saturated heterocycles. The summed E-state index contributed by atoms with van der Waals surface area (Å²) < 4.78 is 6.27. The van der Waals surface area contributed by atoms with Crippen LogP contribution in [0.1, 0.15) is 58.3 Å². The van der Waals surface area contributed by atoms with Crippen LogP contribution in [-0.4, -0.2) is 29.5 Å². The molecule has 4 atom stereocenters. The second-order valence-electron chi connectivity index (χ2n) is 6.80. The van der Waals surface area contributed by atoms with Gasteiger partial charge in [0.25, 0.3) is 0 Å². The summed E-state index contributed by atoms with van der Waals surface area (Å²) in [5.74, 6) is 4.86. The quantitative estimate of drug-likeness (QED) is 0.417. The van der Waals surface area contributed by atoms with Crippen molar-refractivity contribution in [3.8, 4) is 0 Å². The lowest BCUT2D eigenvalue weighted by molar-refractivity contribution is -0.0329. The third-order valence-corrected chi connectivity index (χ3v) is 8.61. The Morgan fingerprint density at radius 1 is 1.05 bits per heavy atom. The summed E-state index contributed by atoms with van der Waals surface area (Å²) >= 11 is 0. The average Bonchev–Trinajstić information content (AvgIpc) is 3.01. The van der Waals surface area contributed by atoms with E-state index in [9.17, 15) is 0 Å². The lowest BCUT2D eigenvalue weighted by Gasteiger charge is -2.42. The Hall–Kier alpha value is 0.0500. The van der Waals surface area contributed by atoms with E-state index in [1.807, 2.05) is 0 Å². The van der Waals surface area contributed by atoms with E-state index in [-0.39, 0.29) is 0 Å². The molecule has 0 radical (unpaired) electrons. The number of ether oxygens (including phenoxy) is 1. The summed E-state index contributed by atoms with van der Waals surface area (Å²) in [6, 6.07) is 0. The van der Waals surface area contributed by atoms with Crippen molar-refractivity contribution >= 4 is 10.9 Å². The van der Waals surface area contributed by atoms with E-state index in [4.69, 9.17) is 4.74 Å². The van der Waals surface area contributed by atoms with Crippen molar-refractivity contribution in [3.05, 3.63) is 12.2 Å². The fraction of sp³-hybridized carbons (Fsp3) is 0.889. The molecule has 0 N–H and O–H groups in total. The minimum atomic E-state index is 0.568. The minimum absolute atomic E-state index is 0.568. The average molecular weight is 296 g/mol. The lowest BCUT2D eigenvalue weighted by Crippen LogP contribution is -2.46. The third kappa shape index (κ3) is 3.27. The highest BCUT2D eigenvalue weighted by molar-refractivity contribution is 7.97. The van der Waals surface area contributed by atoms with Crippen LogP contribution in [0.2, 0.25) is 0 Å². The molecule has 1 nitrogen and oxygen atoms in total. The number of rotatable bonds is 5. The van der Waals surface area contributed by atoms with Crippen LogP contribution in [-0.2, 0) is 15.6 Å². The first-order valence-electron chi connectivity index (χ1n) is 8.83. The van der Waals surface area contributed by atoms with Gasteiger partial charge in [-0.05, 0) is 61.8 Å². The van der Waals surface area contributed by atoms with Crippen LogP contribution < -0.4 is 0 Å². The van der Waals surface area contributed by atoms with Crippen LogP contribution in [0.15, 0.2) is 12.2 Å². The van der Waals surface area contributed by atoms with Gasteiger partial charge >= 0.3 is 0 Å². The summed E-state index contributed by atoms with van der Waals surface area (Å²) in [5, 5.41) is 1.04. The van der Waals surface area contributed by atoms with Gasteiger partial charge in [-0.1, -0.05) is 25.5 Å². The molecule has 0 amide bonds. The van der Waals surface area contributed by atoms with Crippen LogP contribution in [0.4, 0.5) is 0 Å². The number of hydrogen-bond acceptors (Lipinski definition) is 1. The maximum absolute atomic E-state index is 6.27. The Morgan fingerprint density at radius 3 is 2.55 bits per heavy atom. The molecule has 20 heavy (non-hydrogen) atoms. The SMILES string of the molecule is CCCCOC1CCC([S+]2CCCC2)C2CC=CCC12.